The van der Waals surface area contributed by atoms with E-state index in [9.17, 15) is 0 Å². The molecule has 0 radical (unpaired) electrons. The summed E-state index contributed by atoms with van der Waals surface area (Å²) in [7, 11) is 1.69. The fourth-order valence-corrected chi connectivity index (χ4v) is 1.55. The fourth-order valence-electron chi connectivity index (χ4n) is 1.55. The number of benzene rings is 1. The van der Waals surface area contributed by atoms with Gasteiger partial charge in [-0.3, -0.25) is 0 Å². The highest BCUT2D eigenvalue weighted by Gasteiger charge is 1.99. The van der Waals surface area contributed by atoms with Gasteiger partial charge in [0.25, 0.3) is 0 Å². The van der Waals surface area contributed by atoms with Crippen molar-refractivity contribution < 1.29 is 9.15 Å². The zero-order chi connectivity index (χ0) is 10.5. The molecular weight excluding hydrogens is 188 g/mol. The lowest BCUT2D eigenvalue weighted by Gasteiger charge is -2.03. The first-order valence-electron chi connectivity index (χ1n) is 5.04. The number of aryl methyl sites for hydroxylation is 2. The summed E-state index contributed by atoms with van der Waals surface area (Å²) in [5, 5.41) is 0. The molecule has 0 unspecified atom stereocenters. The van der Waals surface area contributed by atoms with E-state index < -0.39 is 0 Å². The van der Waals surface area contributed by atoms with E-state index in [1.165, 1.54) is 5.56 Å². The van der Waals surface area contributed by atoms with Crippen molar-refractivity contribution in [2.24, 2.45) is 0 Å². The first-order valence-corrected chi connectivity index (χ1v) is 5.04. The SMILES string of the molecule is COc1cccc(CCc2ccco2)c1. The molecule has 0 spiro atoms. The summed E-state index contributed by atoms with van der Waals surface area (Å²) in [6.07, 6.45) is 3.62. The van der Waals surface area contributed by atoms with Crippen LogP contribution >= 0.6 is 0 Å². The van der Waals surface area contributed by atoms with Crippen LogP contribution in [0.3, 0.4) is 0 Å². The van der Waals surface area contributed by atoms with Crippen LogP contribution in [-0.2, 0) is 12.8 Å². The van der Waals surface area contributed by atoms with E-state index in [-0.39, 0.29) is 0 Å². The van der Waals surface area contributed by atoms with Crippen LogP contribution in [-0.4, -0.2) is 7.11 Å². The maximum absolute atomic E-state index is 5.28. The molecule has 2 heteroatoms. The summed E-state index contributed by atoms with van der Waals surface area (Å²) < 4.78 is 10.4. The third-order valence-corrected chi connectivity index (χ3v) is 2.37. The van der Waals surface area contributed by atoms with Gasteiger partial charge in [-0.15, -0.1) is 0 Å². The van der Waals surface area contributed by atoms with Gasteiger partial charge in [0, 0.05) is 6.42 Å². The second kappa shape index (κ2) is 4.69. The Labute approximate surface area is 89.5 Å². The molecule has 2 nitrogen and oxygen atoms in total. The zero-order valence-electron chi connectivity index (χ0n) is 8.77. The van der Waals surface area contributed by atoms with Crippen molar-refractivity contribution in [3.8, 4) is 5.75 Å². The number of hydrogen-bond acceptors (Lipinski definition) is 2. The van der Waals surface area contributed by atoms with Crippen LogP contribution in [0, 0.1) is 0 Å². The lowest BCUT2D eigenvalue weighted by atomic mass is 10.1. The zero-order valence-corrected chi connectivity index (χ0v) is 8.77. The molecule has 0 aliphatic rings. The predicted octanol–water partition coefficient (Wildman–Crippen LogP) is 3.07. The van der Waals surface area contributed by atoms with Crippen LogP contribution in [0.5, 0.6) is 5.75 Å². The van der Waals surface area contributed by atoms with Crippen LogP contribution < -0.4 is 4.74 Å². The third-order valence-electron chi connectivity index (χ3n) is 2.37. The van der Waals surface area contributed by atoms with E-state index in [1.807, 2.05) is 24.3 Å². The largest absolute Gasteiger partial charge is 0.497 e. The molecule has 0 saturated heterocycles. The van der Waals surface area contributed by atoms with Gasteiger partial charge in [0.2, 0.25) is 0 Å². The second-order valence-electron chi connectivity index (χ2n) is 3.43. The maximum atomic E-state index is 5.28. The quantitative estimate of drug-likeness (QED) is 0.760. The molecule has 15 heavy (non-hydrogen) atoms. The smallest absolute Gasteiger partial charge is 0.119 e. The number of furan rings is 1. The Bertz CT molecular complexity index is 404. The van der Waals surface area contributed by atoms with Gasteiger partial charge < -0.3 is 9.15 Å². The molecule has 78 valence electrons. The van der Waals surface area contributed by atoms with Crippen molar-refractivity contribution >= 4 is 0 Å². The minimum Gasteiger partial charge on any atom is -0.497 e. The summed E-state index contributed by atoms with van der Waals surface area (Å²) in [5.74, 6) is 1.93. The van der Waals surface area contributed by atoms with Gasteiger partial charge in [-0.1, -0.05) is 12.1 Å². The molecular formula is C13H14O2. The normalized spacial score (nSPS) is 10.2. The minimum atomic E-state index is 0.909. The van der Waals surface area contributed by atoms with E-state index >= 15 is 0 Å². The van der Waals surface area contributed by atoms with Gasteiger partial charge in [0.15, 0.2) is 0 Å². The molecule has 1 heterocycles. The molecule has 0 bridgehead atoms. The highest BCUT2D eigenvalue weighted by Crippen LogP contribution is 2.14. The minimum absolute atomic E-state index is 0.909. The summed E-state index contributed by atoms with van der Waals surface area (Å²) >= 11 is 0. The highest BCUT2D eigenvalue weighted by molar-refractivity contribution is 5.28. The topological polar surface area (TPSA) is 22.4 Å². The van der Waals surface area contributed by atoms with E-state index in [4.69, 9.17) is 9.15 Å². The third kappa shape index (κ3) is 2.62. The first kappa shape index (κ1) is 9.84. The van der Waals surface area contributed by atoms with E-state index in [2.05, 4.69) is 12.1 Å². The molecule has 2 rings (SSSR count). The monoisotopic (exact) mass is 202 g/mol. The van der Waals surface area contributed by atoms with Gasteiger partial charge >= 0.3 is 0 Å². The summed E-state index contributed by atoms with van der Waals surface area (Å²) in [4.78, 5) is 0. The molecule has 0 fully saturated rings. The van der Waals surface area contributed by atoms with Crippen LogP contribution in [0.25, 0.3) is 0 Å². The van der Waals surface area contributed by atoms with Crippen molar-refractivity contribution in [1.82, 2.24) is 0 Å². The summed E-state index contributed by atoms with van der Waals surface area (Å²) in [6, 6.07) is 12.0. The van der Waals surface area contributed by atoms with Gasteiger partial charge in [0.1, 0.15) is 11.5 Å². The van der Waals surface area contributed by atoms with Gasteiger partial charge in [-0.25, -0.2) is 0 Å². The molecule has 0 aliphatic heterocycles. The number of ether oxygens (including phenoxy) is 1. The lowest BCUT2D eigenvalue weighted by Crippen LogP contribution is -1.90. The first-order chi connectivity index (χ1) is 7.38. The van der Waals surface area contributed by atoms with Crippen molar-refractivity contribution in [2.75, 3.05) is 7.11 Å². The molecule has 2 aromatic rings. The second-order valence-corrected chi connectivity index (χ2v) is 3.43. The van der Waals surface area contributed by atoms with Crippen LogP contribution in [0.4, 0.5) is 0 Å². The lowest BCUT2D eigenvalue weighted by molar-refractivity contribution is 0.414. The molecule has 0 N–H and O–H groups in total. The van der Waals surface area contributed by atoms with Crippen molar-refractivity contribution in [1.29, 1.82) is 0 Å². The highest BCUT2D eigenvalue weighted by atomic mass is 16.5. The Balaban J connectivity index is 1.98. The Kier molecular flexibility index (Phi) is 3.08. The van der Waals surface area contributed by atoms with Gasteiger partial charge in [0.05, 0.1) is 13.4 Å². The average Bonchev–Trinajstić information content (AvgIpc) is 2.79. The Morgan fingerprint density at radius 1 is 1.13 bits per heavy atom. The number of rotatable bonds is 4. The van der Waals surface area contributed by atoms with E-state index in [0.29, 0.717) is 0 Å². The van der Waals surface area contributed by atoms with E-state index in [0.717, 1.165) is 24.4 Å². The number of hydrogen-bond donors (Lipinski definition) is 0. The average molecular weight is 202 g/mol. The molecule has 0 aliphatic carbocycles. The Hall–Kier alpha value is -1.70. The molecule has 1 aromatic carbocycles. The molecule has 0 amide bonds. The maximum Gasteiger partial charge on any atom is 0.119 e. The fraction of sp³-hybridized carbons (Fsp3) is 0.231. The standard InChI is InChI=1S/C13H14O2/c1-14-13-5-2-4-11(10-13)7-8-12-6-3-9-15-12/h2-6,9-10H,7-8H2,1H3. The summed E-state index contributed by atoms with van der Waals surface area (Å²) in [6.45, 7) is 0. The Morgan fingerprint density at radius 2 is 2.07 bits per heavy atom. The number of methoxy groups -OCH3 is 1. The predicted molar refractivity (Wildman–Crippen MR) is 59.1 cm³/mol. The van der Waals surface area contributed by atoms with Crippen LogP contribution in [0.2, 0.25) is 0 Å². The molecule has 0 saturated carbocycles. The van der Waals surface area contributed by atoms with E-state index in [1.54, 1.807) is 13.4 Å². The van der Waals surface area contributed by atoms with Gasteiger partial charge in [-0.05, 0) is 36.2 Å². The molecule has 0 atom stereocenters. The van der Waals surface area contributed by atoms with Crippen LogP contribution in [0.1, 0.15) is 11.3 Å². The van der Waals surface area contributed by atoms with Crippen molar-refractivity contribution in [3.05, 3.63) is 54.0 Å². The van der Waals surface area contributed by atoms with Crippen LogP contribution in [0.15, 0.2) is 47.1 Å². The molecule has 1 aromatic heterocycles. The van der Waals surface area contributed by atoms with Gasteiger partial charge in [-0.2, -0.15) is 0 Å². The van der Waals surface area contributed by atoms with Crippen molar-refractivity contribution in [2.45, 2.75) is 12.8 Å². The van der Waals surface area contributed by atoms with Crippen molar-refractivity contribution in [3.63, 3.8) is 0 Å². The Morgan fingerprint density at radius 3 is 2.80 bits per heavy atom. The summed E-state index contributed by atoms with van der Waals surface area (Å²) in [5.41, 5.74) is 1.27.